The van der Waals surface area contributed by atoms with E-state index >= 15 is 0 Å². The first kappa shape index (κ1) is 16.5. The fraction of sp³-hybridized carbons (Fsp3) is 0.105. The maximum atomic E-state index is 13.3. The topological polar surface area (TPSA) is 31.2 Å². The van der Waals surface area contributed by atoms with Crippen molar-refractivity contribution in [2.75, 3.05) is 7.11 Å². The third kappa shape index (κ3) is 3.41. The molecule has 0 aliphatic carbocycles. The zero-order valence-electron chi connectivity index (χ0n) is 13.0. The SMILES string of the molecule is COc1cccc(-c2ccn(Cc3cccc(F)c3)c(=O)c2Br)c1. The monoisotopic (exact) mass is 387 g/mol. The van der Waals surface area contributed by atoms with Gasteiger partial charge in [-0.2, -0.15) is 0 Å². The number of rotatable bonds is 4. The molecule has 3 rings (SSSR count). The number of hydrogen-bond donors (Lipinski definition) is 0. The Labute approximate surface area is 147 Å². The summed E-state index contributed by atoms with van der Waals surface area (Å²) in [4.78, 5) is 12.6. The molecule has 0 radical (unpaired) electrons. The second-order valence-corrected chi connectivity index (χ2v) is 6.13. The molecule has 0 saturated heterocycles. The van der Waals surface area contributed by atoms with Gasteiger partial charge in [-0.15, -0.1) is 0 Å². The minimum atomic E-state index is -0.312. The number of aromatic nitrogens is 1. The van der Waals surface area contributed by atoms with Crippen LogP contribution in [0.2, 0.25) is 0 Å². The predicted octanol–water partition coefficient (Wildman–Crippen LogP) is 4.47. The molecule has 1 aromatic heterocycles. The van der Waals surface area contributed by atoms with Crippen molar-refractivity contribution in [3.05, 3.63) is 87.0 Å². The van der Waals surface area contributed by atoms with Crippen molar-refractivity contribution in [2.45, 2.75) is 6.54 Å². The van der Waals surface area contributed by atoms with Gasteiger partial charge in [0, 0.05) is 11.8 Å². The Morgan fingerprint density at radius 3 is 2.67 bits per heavy atom. The first-order chi connectivity index (χ1) is 11.6. The second-order valence-electron chi connectivity index (χ2n) is 5.34. The first-order valence-electron chi connectivity index (χ1n) is 7.36. The Balaban J connectivity index is 1.98. The number of nitrogens with zero attached hydrogens (tertiary/aromatic N) is 1. The van der Waals surface area contributed by atoms with Crippen LogP contribution in [0.4, 0.5) is 4.39 Å². The lowest BCUT2D eigenvalue weighted by Gasteiger charge is -2.11. The van der Waals surface area contributed by atoms with Crippen LogP contribution >= 0.6 is 15.9 Å². The van der Waals surface area contributed by atoms with E-state index in [4.69, 9.17) is 4.74 Å². The highest BCUT2D eigenvalue weighted by Gasteiger charge is 2.10. The summed E-state index contributed by atoms with van der Waals surface area (Å²) in [6.45, 7) is 0.313. The van der Waals surface area contributed by atoms with Gasteiger partial charge in [0.1, 0.15) is 11.6 Å². The van der Waals surface area contributed by atoms with Gasteiger partial charge < -0.3 is 9.30 Å². The van der Waals surface area contributed by atoms with E-state index in [1.807, 2.05) is 30.3 Å². The first-order valence-corrected chi connectivity index (χ1v) is 8.15. The molecule has 24 heavy (non-hydrogen) atoms. The number of methoxy groups -OCH3 is 1. The van der Waals surface area contributed by atoms with Crippen LogP contribution in [-0.2, 0) is 6.54 Å². The lowest BCUT2D eigenvalue weighted by molar-refractivity contribution is 0.415. The summed E-state index contributed by atoms with van der Waals surface area (Å²) in [6.07, 6.45) is 1.72. The van der Waals surface area contributed by atoms with E-state index < -0.39 is 0 Å². The summed E-state index contributed by atoms with van der Waals surface area (Å²) in [5, 5.41) is 0. The van der Waals surface area contributed by atoms with E-state index in [2.05, 4.69) is 15.9 Å². The van der Waals surface area contributed by atoms with Crippen molar-refractivity contribution < 1.29 is 9.13 Å². The second kappa shape index (κ2) is 7.01. The normalized spacial score (nSPS) is 10.6. The quantitative estimate of drug-likeness (QED) is 0.660. The number of ether oxygens (including phenoxy) is 1. The van der Waals surface area contributed by atoms with E-state index in [0.29, 0.717) is 11.0 Å². The lowest BCUT2D eigenvalue weighted by atomic mass is 10.1. The molecule has 0 bridgehead atoms. The van der Waals surface area contributed by atoms with Crippen molar-refractivity contribution in [1.29, 1.82) is 0 Å². The zero-order chi connectivity index (χ0) is 17.1. The van der Waals surface area contributed by atoms with Crippen LogP contribution in [-0.4, -0.2) is 11.7 Å². The summed E-state index contributed by atoms with van der Waals surface area (Å²) in [6, 6.07) is 15.6. The number of hydrogen-bond acceptors (Lipinski definition) is 2. The van der Waals surface area contributed by atoms with E-state index in [1.165, 1.54) is 12.1 Å². The Kier molecular flexibility index (Phi) is 4.81. The summed E-state index contributed by atoms with van der Waals surface area (Å²) >= 11 is 3.39. The van der Waals surface area contributed by atoms with Gasteiger partial charge in [0.05, 0.1) is 18.1 Å². The minimum absolute atomic E-state index is 0.167. The molecule has 0 amide bonds. The lowest BCUT2D eigenvalue weighted by Crippen LogP contribution is -2.21. The average Bonchev–Trinajstić information content (AvgIpc) is 2.59. The van der Waals surface area contributed by atoms with Gasteiger partial charge in [-0.1, -0.05) is 24.3 Å². The van der Waals surface area contributed by atoms with Gasteiger partial charge in [0.2, 0.25) is 0 Å². The number of benzene rings is 2. The van der Waals surface area contributed by atoms with Gasteiger partial charge in [-0.3, -0.25) is 4.79 Å². The average molecular weight is 388 g/mol. The number of pyridine rings is 1. The molecule has 0 aliphatic heterocycles. The van der Waals surface area contributed by atoms with Gasteiger partial charge in [0.15, 0.2) is 0 Å². The maximum Gasteiger partial charge on any atom is 0.265 e. The molecule has 0 unspecified atom stereocenters. The summed E-state index contributed by atoms with van der Waals surface area (Å²) in [5.41, 5.74) is 2.24. The van der Waals surface area contributed by atoms with E-state index in [-0.39, 0.29) is 11.4 Å². The molecule has 1 heterocycles. The standard InChI is InChI=1S/C19H15BrFNO2/c1-24-16-7-3-5-14(11-16)17-8-9-22(19(23)18(17)20)12-13-4-2-6-15(21)10-13/h2-11H,12H2,1H3. The van der Waals surface area contributed by atoms with Crippen LogP contribution in [0.25, 0.3) is 11.1 Å². The van der Waals surface area contributed by atoms with Crippen LogP contribution in [0.1, 0.15) is 5.56 Å². The highest BCUT2D eigenvalue weighted by atomic mass is 79.9. The number of halogens is 2. The Morgan fingerprint density at radius 1 is 1.12 bits per heavy atom. The molecule has 0 spiro atoms. The van der Waals surface area contributed by atoms with Crippen molar-refractivity contribution in [2.24, 2.45) is 0 Å². The highest BCUT2D eigenvalue weighted by molar-refractivity contribution is 9.10. The van der Waals surface area contributed by atoms with Crippen LogP contribution in [0.5, 0.6) is 5.75 Å². The molecule has 0 fully saturated rings. The molecule has 3 aromatic rings. The zero-order valence-corrected chi connectivity index (χ0v) is 14.6. The molecule has 3 nitrogen and oxygen atoms in total. The molecule has 0 saturated carbocycles. The third-order valence-corrected chi connectivity index (χ3v) is 4.50. The van der Waals surface area contributed by atoms with Crippen molar-refractivity contribution in [3.63, 3.8) is 0 Å². The molecule has 5 heteroatoms. The predicted molar refractivity (Wildman–Crippen MR) is 95.9 cm³/mol. The molecule has 0 atom stereocenters. The van der Waals surface area contributed by atoms with Crippen LogP contribution < -0.4 is 10.3 Å². The maximum absolute atomic E-state index is 13.3. The summed E-state index contributed by atoms with van der Waals surface area (Å²) in [7, 11) is 1.60. The Bertz CT molecular complexity index is 937. The summed E-state index contributed by atoms with van der Waals surface area (Å²) in [5.74, 6) is 0.413. The van der Waals surface area contributed by atoms with Crippen molar-refractivity contribution in [3.8, 4) is 16.9 Å². The molecular weight excluding hydrogens is 373 g/mol. The van der Waals surface area contributed by atoms with E-state index in [9.17, 15) is 9.18 Å². The van der Waals surface area contributed by atoms with Crippen LogP contribution in [0.15, 0.2) is 70.1 Å². The largest absolute Gasteiger partial charge is 0.497 e. The summed E-state index contributed by atoms with van der Waals surface area (Å²) < 4.78 is 20.5. The van der Waals surface area contributed by atoms with E-state index in [1.54, 1.807) is 30.0 Å². The Hall–Kier alpha value is -2.40. The highest BCUT2D eigenvalue weighted by Crippen LogP contribution is 2.28. The minimum Gasteiger partial charge on any atom is -0.497 e. The van der Waals surface area contributed by atoms with Gasteiger partial charge in [-0.25, -0.2) is 4.39 Å². The molecule has 2 aromatic carbocycles. The van der Waals surface area contributed by atoms with Crippen LogP contribution in [0, 0.1) is 5.82 Å². The molecule has 0 aliphatic rings. The van der Waals surface area contributed by atoms with Crippen molar-refractivity contribution in [1.82, 2.24) is 4.57 Å². The van der Waals surface area contributed by atoms with Crippen molar-refractivity contribution >= 4 is 15.9 Å². The molecule has 122 valence electrons. The molecular formula is C19H15BrFNO2. The van der Waals surface area contributed by atoms with Gasteiger partial charge in [-0.05, 0) is 57.4 Å². The third-order valence-electron chi connectivity index (χ3n) is 3.73. The van der Waals surface area contributed by atoms with E-state index in [0.717, 1.165) is 22.4 Å². The fourth-order valence-corrected chi connectivity index (χ4v) is 3.11. The van der Waals surface area contributed by atoms with Gasteiger partial charge >= 0.3 is 0 Å². The smallest absolute Gasteiger partial charge is 0.265 e. The van der Waals surface area contributed by atoms with Crippen LogP contribution in [0.3, 0.4) is 0 Å². The fourth-order valence-electron chi connectivity index (χ4n) is 2.52. The van der Waals surface area contributed by atoms with Gasteiger partial charge in [0.25, 0.3) is 5.56 Å². The Morgan fingerprint density at radius 2 is 1.92 bits per heavy atom. The molecule has 0 N–H and O–H groups in total.